The van der Waals surface area contributed by atoms with Gasteiger partial charge in [-0.05, 0) is 102 Å². The monoisotopic (exact) mass is 1170 g/mol. The van der Waals surface area contributed by atoms with Gasteiger partial charge in [-0.3, -0.25) is 14.2 Å². The molecule has 1 N–H and O–H groups in total. The molecule has 0 aliphatic carbocycles. The SMILES string of the molecule is CCCCC/C=C\C/C=C\C/C=C\C/C=C\CCCCCCCCCC(=O)NC(COP(=O)([O-])OCC[N+](C)(C)C)C(/C=C/CCCCCCCCCCCC)OC(=O)CCCCCCCCCCCCC/C=C/CCCCCCCC. The number of quaternary nitrogens is 1. The Balaban J connectivity index is 5.14. The summed E-state index contributed by atoms with van der Waals surface area (Å²) in [7, 11) is 1.18. The molecule has 1 amide bonds. The maximum absolute atomic E-state index is 13.6. The van der Waals surface area contributed by atoms with Crippen molar-refractivity contribution in [1.82, 2.24) is 5.32 Å². The summed E-state index contributed by atoms with van der Waals surface area (Å²) in [5.41, 5.74) is 0. The van der Waals surface area contributed by atoms with Crippen molar-refractivity contribution in [3.8, 4) is 0 Å². The molecule has 0 saturated carbocycles. The number of likely N-dealkylation sites (N-methyl/N-ethyl adjacent to an activating group) is 1. The number of phosphoric ester groups is 1. The molecule has 0 spiro atoms. The van der Waals surface area contributed by atoms with Crippen LogP contribution in [0.15, 0.2) is 72.9 Å². The molecule has 0 aromatic heterocycles. The number of nitrogens with one attached hydrogen (secondary N) is 1. The first-order chi connectivity index (χ1) is 39.9. The maximum atomic E-state index is 13.6. The van der Waals surface area contributed by atoms with Gasteiger partial charge in [0.05, 0.1) is 33.8 Å². The van der Waals surface area contributed by atoms with E-state index in [4.69, 9.17) is 13.8 Å². The Morgan fingerprint density at radius 3 is 1.15 bits per heavy atom. The number of amides is 1. The number of rotatable bonds is 63. The molecule has 0 aliphatic heterocycles. The van der Waals surface area contributed by atoms with Crippen molar-refractivity contribution in [2.24, 2.45) is 0 Å². The highest BCUT2D eigenvalue weighted by molar-refractivity contribution is 7.45. The van der Waals surface area contributed by atoms with Crippen LogP contribution in [0.4, 0.5) is 0 Å². The van der Waals surface area contributed by atoms with E-state index >= 15 is 0 Å². The molecule has 0 aromatic rings. The van der Waals surface area contributed by atoms with E-state index in [9.17, 15) is 19.0 Å². The van der Waals surface area contributed by atoms with Gasteiger partial charge in [0.1, 0.15) is 19.3 Å². The Hall–Kier alpha value is -2.55. The van der Waals surface area contributed by atoms with Crippen LogP contribution in [-0.2, 0) is 27.9 Å². The zero-order valence-electron chi connectivity index (χ0n) is 54.7. The molecule has 0 aliphatic rings. The quantitative estimate of drug-likeness (QED) is 0.0212. The minimum absolute atomic E-state index is 0.0262. The molecule has 0 radical (unpaired) electrons. The Morgan fingerprint density at radius 1 is 0.427 bits per heavy atom. The summed E-state index contributed by atoms with van der Waals surface area (Å²) in [4.78, 5) is 40.2. The summed E-state index contributed by atoms with van der Waals surface area (Å²) < 4.78 is 30.4. The largest absolute Gasteiger partial charge is 0.756 e. The molecule has 82 heavy (non-hydrogen) atoms. The molecule has 3 atom stereocenters. The number of ether oxygens (including phenoxy) is 1. The topological polar surface area (TPSA) is 114 Å². The fourth-order valence-electron chi connectivity index (χ4n) is 9.97. The van der Waals surface area contributed by atoms with Crippen molar-refractivity contribution in [1.29, 1.82) is 0 Å². The fourth-order valence-corrected chi connectivity index (χ4v) is 10.7. The number of phosphoric acid groups is 1. The smallest absolute Gasteiger partial charge is 0.306 e. The third-order valence-electron chi connectivity index (χ3n) is 15.4. The summed E-state index contributed by atoms with van der Waals surface area (Å²) in [6.45, 7) is 6.83. The molecule has 3 unspecified atom stereocenters. The number of hydrogen-bond acceptors (Lipinski definition) is 7. The number of esters is 1. The van der Waals surface area contributed by atoms with Crippen LogP contribution >= 0.6 is 7.82 Å². The van der Waals surface area contributed by atoms with E-state index in [1.54, 1.807) is 0 Å². The van der Waals surface area contributed by atoms with Crippen LogP contribution in [0.2, 0.25) is 0 Å². The van der Waals surface area contributed by atoms with Gasteiger partial charge in [0.25, 0.3) is 7.82 Å². The third-order valence-corrected chi connectivity index (χ3v) is 16.3. The molecule has 0 rings (SSSR count). The predicted molar refractivity (Wildman–Crippen MR) is 353 cm³/mol. The maximum Gasteiger partial charge on any atom is 0.306 e. The second-order valence-corrected chi connectivity index (χ2v) is 26.1. The summed E-state index contributed by atoms with van der Waals surface area (Å²) in [5, 5.41) is 3.04. The van der Waals surface area contributed by atoms with Gasteiger partial charge >= 0.3 is 5.97 Å². The average molecular weight is 1170 g/mol. The second kappa shape index (κ2) is 61.5. The van der Waals surface area contributed by atoms with Crippen LogP contribution in [0.5, 0.6) is 0 Å². The summed E-state index contributed by atoms with van der Waals surface area (Å²) in [6, 6.07) is -0.897. The Kier molecular flexibility index (Phi) is 59.6. The van der Waals surface area contributed by atoms with Crippen molar-refractivity contribution in [3.05, 3.63) is 72.9 Å². The first kappa shape index (κ1) is 79.5. The van der Waals surface area contributed by atoms with Crippen LogP contribution < -0.4 is 10.2 Å². The van der Waals surface area contributed by atoms with E-state index in [1.807, 2.05) is 33.3 Å². The van der Waals surface area contributed by atoms with Gasteiger partial charge in [-0.1, -0.05) is 280 Å². The second-order valence-electron chi connectivity index (χ2n) is 24.7. The van der Waals surface area contributed by atoms with Gasteiger partial charge in [-0.25, -0.2) is 0 Å². The van der Waals surface area contributed by atoms with Crippen LogP contribution in [0.1, 0.15) is 323 Å². The number of nitrogens with zero attached hydrogens (tertiary/aromatic N) is 1. The van der Waals surface area contributed by atoms with Crippen LogP contribution in [0, 0.1) is 0 Å². The molecule has 9 nitrogen and oxygen atoms in total. The lowest BCUT2D eigenvalue weighted by atomic mass is 10.0. The first-order valence-corrected chi connectivity index (χ1v) is 36.2. The van der Waals surface area contributed by atoms with Crippen molar-refractivity contribution in [2.75, 3.05) is 40.9 Å². The Morgan fingerprint density at radius 2 is 0.744 bits per heavy atom. The van der Waals surface area contributed by atoms with Crippen molar-refractivity contribution in [2.45, 2.75) is 335 Å². The standard InChI is InChI=1S/C72H133N2O7P/c1-7-10-13-16-19-22-25-28-30-32-34-36-37-39-40-42-44-46-49-52-55-58-61-64-71(75)73-69(68-80-82(77,78)79-67-66-74(4,5)6)70(63-60-57-54-51-48-27-24-21-18-15-12-9-3)81-72(76)65-62-59-56-53-50-47-45-43-41-38-35-33-31-29-26-23-20-17-14-11-8-2/h19,22,28-31,34,36,39-40,60,63,69-70H,7-18,20-21,23-27,32-33,35,37-38,41-59,61-62,64-68H2,1-6H3,(H-,73,75,77,78)/b22-19-,30-28-,31-29+,36-34-,40-39-,63-60+. The van der Waals surface area contributed by atoms with E-state index < -0.39 is 26.6 Å². The molecule has 0 aromatic carbocycles. The highest BCUT2D eigenvalue weighted by Crippen LogP contribution is 2.38. The molecule has 0 bridgehead atoms. The Bertz CT molecular complexity index is 1630. The van der Waals surface area contributed by atoms with Gasteiger partial charge in [0.15, 0.2) is 0 Å². The van der Waals surface area contributed by atoms with E-state index in [0.717, 1.165) is 89.9 Å². The molecular weight excluding hydrogens is 1040 g/mol. The van der Waals surface area contributed by atoms with Gasteiger partial charge in [-0.15, -0.1) is 0 Å². The number of allylic oxidation sites excluding steroid dienone is 11. The molecule has 0 saturated heterocycles. The van der Waals surface area contributed by atoms with E-state index in [2.05, 4.69) is 86.8 Å². The summed E-state index contributed by atoms with van der Waals surface area (Å²) >= 11 is 0. The van der Waals surface area contributed by atoms with Crippen LogP contribution in [0.3, 0.4) is 0 Å². The molecule has 0 fully saturated rings. The zero-order valence-corrected chi connectivity index (χ0v) is 55.6. The van der Waals surface area contributed by atoms with Crippen molar-refractivity contribution < 1.29 is 37.3 Å². The van der Waals surface area contributed by atoms with Crippen LogP contribution in [0.25, 0.3) is 0 Å². The zero-order chi connectivity index (χ0) is 60.0. The molecular formula is C72H133N2O7P. The van der Waals surface area contributed by atoms with Gasteiger partial charge < -0.3 is 28.5 Å². The Labute approximate surface area is 508 Å². The predicted octanol–water partition coefficient (Wildman–Crippen LogP) is 21.3. The van der Waals surface area contributed by atoms with Gasteiger partial charge in [0, 0.05) is 12.8 Å². The average Bonchev–Trinajstić information content (AvgIpc) is 3.47. The normalized spacial score (nSPS) is 14.0. The summed E-state index contributed by atoms with van der Waals surface area (Å²) in [5.74, 6) is -0.546. The number of carbonyl (C=O) groups excluding carboxylic acids is 2. The lowest BCUT2D eigenvalue weighted by Crippen LogP contribution is -2.47. The van der Waals surface area contributed by atoms with E-state index in [1.165, 1.54) is 199 Å². The fraction of sp³-hybridized carbons (Fsp3) is 0.806. The van der Waals surface area contributed by atoms with E-state index in [-0.39, 0.29) is 24.9 Å². The first-order valence-electron chi connectivity index (χ1n) is 34.7. The lowest BCUT2D eigenvalue weighted by Gasteiger charge is -2.30. The number of hydrogen-bond donors (Lipinski definition) is 1. The van der Waals surface area contributed by atoms with Crippen molar-refractivity contribution >= 4 is 19.7 Å². The highest BCUT2D eigenvalue weighted by Gasteiger charge is 2.27. The van der Waals surface area contributed by atoms with Gasteiger partial charge in [-0.2, -0.15) is 0 Å². The number of unbranched alkanes of at least 4 members (excludes halogenated alkanes) is 37. The molecule has 0 heterocycles. The molecule has 10 heteroatoms. The van der Waals surface area contributed by atoms with Gasteiger partial charge in [0.2, 0.25) is 5.91 Å². The van der Waals surface area contributed by atoms with E-state index in [0.29, 0.717) is 17.4 Å². The lowest BCUT2D eigenvalue weighted by molar-refractivity contribution is -0.870. The van der Waals surface area contributed by atoms with Crippen LogP contribution in [-0.4, -0.2) is 69.4 Å². The summed E-state index contributed by atoms with van der Waals surface area (Å²) in [6.07, 6.45) is 80.1. The minimum Gasteiger partial charge on any atom is -0.756 e. The number of carbonyl (C=O) groups is 2. The highest BCUT2D eigenvalue weighted by atomic mass is 31.2. The minimum atomic E-state index is -4.71. The third kappa shape index (κ3) is 62.0. The van der Waals surface area contributed by atoms with Crippen molar-refractivity contribution in [3.63, 3.8) is 0 Å². The molecule has 478 valence electrons.